The van der Waals surface area contributed by atoms with Crippen molar-refractivity contribution in [2.45, 2.75) is 16.8 Å². The fraction of sp³-hybridized carbons (Fsp3) is 0.133. The van der Waals surface area contributed by atoms with Gasteiger partial charge in [-0.15, -0.1) is 11.8 Å². The van der Waals surface area contributed by atoms with Crippen LogP contribution in [-0.4, -0.2) is 11.1 Å². The van der Waals surface area contributed by atoms with Crippen LogP contribution >= 0.6 is 11.8 Å². The Morgan fingerprint density at radius 1 is 1.14 bits per heavy atom. The minimum atomic E-state index is -4.61. The Morgan fingerprint density at radius 3 is 2.41 bits per heavy atom. The van der Waals surface area contributed by atoms with Crippen molar-refractivity contribution in [3.05, 3.63) is 65.0 Å². The molecule has 2 rings (SSSR count). The third-order valence-electron chi connectivity index (χ3n) is 2.88. The number of carboxylic acids is 1. The summed E-state index contributed by atoms with van der Waals surface area (Å²) in [5, 5.41) is 9.05. The molecular formula is C15H10F4O2S. The summed E-state index contributed by atoms with van der Waals surface area (Å²) < 4.78 is 51.3. The van der Waals surface area contributed by atoms with Crippen molar-refractivity contribution in [2.75, 3.05) is 0 Å². The van der Waals surface area contributed by atoms with E-state index in [0.717, 1.165) is 23.9 Å². The highest BCUT2D eigenvalue weighted by Gasteiger charge is 2.31. The predicted molar refractivity (Wildman–Crippen MR) is 74.4 cm³/mol. The molecule has 7 heteroatoms. The zero-order valence-electron chi connectivity index (χ0n) is 11.0. The van der Waals surface area contributed by atoms with Crippen molar-refractivity contribution < 1.29 is 27.5 Å². The van der Waals surface area contributed by atoms with Crippen LogP contribution in [0.5, 0.6) is 0 Å². The average molecular weight is 330 g/mol. The van der Waals surface area contributed by atoms with E-state index in [9.17, 15) is 22.4 Å². The van der Waals surface area contributed by atoms with Gasteiger partial charge >= 0.3 is 12.1 Å². The lowest BCUT2D eigenvalue weighted by molar-refractivity contribution is -0.137. The van der Waals surface area contributed by atoms with Gasteiger partial charge in [0.15, 0.2) is 0 Å². The molecule has 0 spiro atoms. The van der Waals surface area contributed by atoms with Gasteiger partial charge in [-0.2, -0.15) is 13.2 Å². The second-order valence-electron chi connectivity index (χ2n) is 4.39. The highest BCUT2D eigenvalue weighted by molar-refractivity contribution is 7.98. The number of halogens is 4. The molecule has 116 valence electrons. The van der Waals surface area contributed by atoms with E-state index in [1.807, 2.05) is 0 Å². The van der Waals surface area contributed by atoms with Crippen LogP contribution in [0.25, 0.3) is 0 Å². The number of carbonyl (C=O) groups is 1. The second kappa shape index (κ2) is 6.39. The molecule has 2 nitrogen and oxygen atoms in total. The van der Waals surface area contributed by atoms with Gasteiger partial charge in [-0.05, 0) is 29.8 Å². The summed E-state index contributed by atoms with van der Waals surface area (Å²) in [6.07, 6.45) is -4.61. The molecule has 0 fully saturated rings. The molecule has 2 aromatic carbocycles. The first kappa shape index (κ1) is 16.4. The Labute approximate surface area is 127 Å². The fourth-order valence-corrected chi connectivity index (χ4v) is 2.78. The molecule has 2 aromatic rings. The number of thioether (sulfide) groups is 1. The van der Waals surface area contributed by atoms with Gasteiger partial charge in [-0.1, -0.05) is 18.2 Å². The molecular weight excluding hydrogens is 320 g/mol. The lowest BCUT2D eigenvalue weighted by Crippen LogP contribution is -2.08. The quantitative estimate of drug-likeness (QED) is 0.644. The molecule has 1 N–H and O–H groups in total. The summed E-state index contributed by atoms with van der Waals surface area (Å²) in [6, 6.07) is 8.45. The Hall–Kier alpha value is -2.02. The molecule has 0 radical (unpaired) electrons. The molecule has 0 aliphatic carbocycles. The number of hydrogen-bond acceptors (Lipinski definition) is 2. The summed E-state index contributed by atoms with van der Waals surface area (Å²) in [5.74, 6) is -1.78. The standard InChI is InChI=1S/C15H10F4O2S/c16-12-4-2-1-3-9(12)8-22-13-6-5-10(15(17,18)19)7-11(13)14(20)21/h1-7H,8H2,(H,20,21). The van der Waals surface area contributed by atoms with Crippen LogP contribution in [0.4, 0.5) is 17.6 Å². The van der Waals surface area contributed by atoms with Crippen LogP contribution in [0.1, 0.15) is 21.5 Å². The zero-order chi connectivity index (χ0) is 16.3. The first-order chi connectivity index (χ1) is 10.3. The highest BCUT2D eigenvalue weighted by atomic mass is 32.2. The maximum absolute atomic E-state index is 13.5. The number of alkyl halides is 3. The molecule has 0 amide bonds. The van der Waals surface area contributed by atoms with E-state index in [4.69, 9.17) is 5.11 Å². The Morgan fingerprint density at radius 2 is 1.82 bits per heavy atom. The third-order valence-corrected chi connectivity index (χ3v) is 4.00. The van der Waals surface area contributed by atoms with Crippen molar-refractivity contribution in [2.24, 2.45) is 0 Å². The number of hydrogen-bond donors (Lipinski definition) is 1. The van der Waals surface area contributed by atoms with Gasteiger partial charge in [0.2, 0.25) is 0 Å². The maximum atomic E-state index is 13.5. The number of aromatic carboxylic acids is 1. The summed E-state index contributed by atoms with van der Waals surface area (Å²) in [5.41, 5.74) is -1.12. The normalized spacial score (nSPS) is 11.5. The monoisotopic (exact) mass is 330 g/mol. The molecule has 0 aliphatic rings. The van der Waals surface area contributed by atoms with Gasteiger partial charge < -0.3 is 5.11 Å². The maximum Gasteiger partial charge on any atom is 0.416 e. The predicted octanol–water partition coefficient (Wildman–Crippen LogP) is 4.84. The van der Waals surface area contributed by atoms with E-state index in [1.165, 1.54) is 18.2 Å². The van der Waals surface area contributed by atoms with Crippen molar-refractivity contribution in [3.8, 4) is 0 Å². The molecule has 0 aromatic heterocycles. The van der Waals surface area contributed by atoms with E-state index in [2.05, 4.69) is 0 Å². The lowest BCUT2D eigenvalue weighted by Gasteiger charge is -2.11. The van der Waals surface area contributed by atoms with E-state index in [1.54, 1.807) is 6.07 Å². The van der Waals surface area contributed by atoms with Gasteiger partial charge in [0, 0.05) is 10.6 Å². The smallest absolute Gasteiger partial charge is 0.416 e. The Bertz CT molecular complexity index is 698. The van der Waals surface area contributed by atoms with Crippen molar-refractivity contribution >= 4 is 17.7 Å². The topological polar surface area (TPSA) is 37.3 Å². The Kier molecular flexibility index (Phi) is 4.75. The van der Waals surface area contributed by atoms with Crippen molar-refractivity contribution in [1.29, 1.82) is 0 Å². The molecule has 22 heavy (non-hydrogen) atoms. The number of carboxylic acid groups (broad SMARTS) is 1. The van der Waals surface area contributed by atoms with E-state index < -0.39 is 29.1 Å². The minimum Gasteiger partial charge on any atom is -0.478 e. The van der Waals surface area contributed by atoms with Crippen LogP contribution in [0.3, 0.4) is 0 Å². The van der Waals surface area contributed by atoms with Gasteiger partial charge in [-0.3, -0.25) is 0 Å². The second-order valence-corrected chi connectivity index (χ2v) is 5.41. The SMILES string of the molecule is O=C(O)c1cc(C(F)(F)F)ccc1SCc1ccccc1F. The molecule has 0 heterocycles. The molecule has 0 saturated carbocycles. The summed E-state index contributed by atoms with van der Waals surface area (Å²) in [7, 11) is 0. The van der Waals surface area contributed by atoms with Crippen LogP contribution in [0.15, 0.2) is 47.4 Å². The molecule has 0 aliphatic heterocycles. The minimum absolute atomic E-state index is 0.123. The summed E-state index contributed by atoms with van der Waals surface area (Å²) >= 11 is 0.974. The van der Waals surface area contributed by atoms with Gasteiger partial charge in [-0.25, -0.2) is 9.18 Å². The molecule has 0 saturated heterocycles. The number of rotatable bonds is 4. The highest BCUT2D eigenvalue weighted by Crippen LogP contribution is 2.34. The van der Waals surface area contributed by atoms with Crippen molar-refractivity contribution in [1.82, 2.24) is 0 Å². The average Bonchev–Trinajstić information content (AvgIpc) is 2.45. The Balaban J connectivity index is 2.27. The van der Waals surface area contributed by atoms with Gasteiger partial charge in [0.05, 0.1) is 11.1 Å². The molecule has 0 bridgehead atoms. The largest absolute Gasteiger partial charge is 0.478 e. The van der Waals surface area contributed by atoms with E-state index in [0.29, 0.717) is 11.6 Å². The van der Waals surface area contributed by atoms with E-state index >= 15 is 0 Å². The number of benzene rings is 2. The first-order valence-corrected chi connectivity index (χ1v) is 7.08. The van der Waals surface area contributed by atoms with Gasteiger partial charge in [0.25, 0.3) is 0 Å². The van der Waals surface area contributed by atoms with Crippen LogP contribution in [0.2, 0.25) is 0 Å². The summed E-state index contributed by atoms with van der Waals surface area (Å²) in [6.45, 7) is 0. The molecule has 0 atom stereocenters. The fourth-order valence-electron chi connectivity index (χ4n) is 1.77. The van der Waals surface area contributed by atoms with E-state index in [-0.39, 0.29) is 10.6 Å². The first-order valence-electron chi connectivity index (χ1n) is 6.10. The van der Waals surface area contributed by atoms with Crippen molar-refractivity contribution in [3.63, 3.8) is 0 Å². The van der Waals surface area contributed by atoms with Crippen LogP contribution < -0.4 is 0 Å². The third kappa shape index (κ3) is 3.79. The van der Waals surface area contributed by atoms with Gasteiger partial charge in [0.1, 0.15) is 5.82 Å². The van der Waals surface area contributed by atoms with Crippen LogP contribution in [-0.2, 0) is 11.9 Å². The summed E-state index contributed by atoms with van der Waals surface area (Å²) in [4.78, 5) is 11.3. The lowest BCUT2D eigenvalue weighted by atomic mass is 10.1. The molecule has 0 unspecified atom stereocenters. The zero-order valence-corrected chi connectivity index (χ0v) is 11.8. The van der Waals surface area contributed by atoms with Crippen LogP contribution in [0, 0.1) is 5.82 Å².